The van der Waals surface area contributed by atoms with Gasteiger partial charge in [-0.3, -0.25) is 34.1 Å². The SMILES string of the molecule is O=C1CCC(N2Cc3cc(CN4CCC(n5cc(NC(=O)c6coc(-c7ccnc(NCC8CC8)c7)n6)c(C(F)F)n5)CC4)ccc3C2=O)C(=O)N1. The minimum absolute atomic E-state index is 0.0554. The second-order valence-electron chi connectivity index (χ2n) is 13.9. The minimum Gasteiger partial charge on any atom is -0.444 e. The van der Waals surface area contributed by atoms with Gasteiger partial charge in [0.05, 0.1) is 11.7 Å². The van der Waals surface area contributed by atoms with Gasteiger partial charge >= 0.3 is 0 Å². The molecular formula is C36H37F2N9O5. The Kier molecular flexibility index (Phi) is 8.99. The maximum atomic E-state index is 14.1. The lowest BCUT2D eigenvalue weighted by Gasteiger charge is -2.32. The van der Waals surface area contributed by atoms with E-state index in [4.69, 9.17) is 4.42 Å². The average Bonchev–Trinajstić information content (AvgIpc) is 3.50. The van der Waals surface area contributed by atoms with Crippen molar-refractivity contribution in [3.05, 3.63) is 77.1 Å². The predicted molar refractivity (Wildman–Crippen MR) is 182 cm³/mol. The second-order valence-corrected chi connectivity index (χ2v) is 13.9. The number of aromatic nitrogens is 4. The van der Waals surface area contributed by atoms with Crippen LogP contribution in [-0.2, 0) is 22.7 Å². The number of oxazole rings is 1. The molecule has 270 valence electrons. The lowest BCUT2D eigenvalue weighted by molar-refractivity contribution is -0.136. The second kappa shape index (κ2) is 13.9. The number of rotatable bonds is 11. The Morgan fingerprint density at radius 2 is 1.88 bits per heavy atom. The first kappa shape index (κ1) is 33.6. The number of halogens is 2. The Morgan fingerprint density at radius 1 is 1.06 bits per heavy atom. The molecule has 0 spiro atoms. The summed E-state index contributed by atoms with van der Waals surface area (Å²) in [5.74, 6) is -0.118. The molecule has 3 aromatic heterocycles. The van der Waals surface area contributed by atoms with Crippen molar-refractivity contribution < 1.29 is 32.4 Å². The molecule has 3 N–H and O–H groups in total. The van der Waals surface area contributed by atoms with E-state index in [1.807, 2.05) is 12.1 Å². The normalized spacial score (nSPS) is 19.6. The summed E-state index contributed by atoms with van der Waals surface area (Å²) in [5.41, 5.74) is 2.40. The molecule has 3 aliphatic heterocycles. The van der Waals surface area contributed by atoms with E-state index in [2.05, 4.69) is 35.9 Å². The molecule has 4 amide bonds. The summed E-state index contributed by atoms with van der Waals surface area (Å²) in [7, 11) is 0. The zero-order valence-electron chi connectivity index (χ0n) is 28.2. The summed E-state index contributed by atoms with van der Waals surface area (Å²) in [6.45, 7) is 3.14. The van der Waals surface area contributed by atoms with Crippen LogP contribution in [0, 0.1) is 5.92 Å². The number of alkyl halides is 2. The van der Waals surface area contributed by atoms with E-state index in [0.29, 0.717) is 68.3 Å². The number of hydrogen-bond acceptors (Lipinski definition) is 10. The minimum atomic E-state index is -2.90. The molecule has 1 unspecified atom stereocenters. The number of fused-ring (bicyclic) bond motifs is 1. The number of carbonyl (C=O) groups is 4. The van der Waals surface area contributed by atoms with Crippen LogP contribution in [0.4, 0.5) is 20.3 Å². The Labute approximate surface area is 297 Å². The third-order valence-corrected chi connectivity index (χ3v) is 10.2. The van der Waals surface area contributed by atoms with Crippen molar-refractivity contribution in [3.8, 4) is 11.5 Å². The summed E-state index contributed by atoms with van der Waals surface area (Å²) in [5, 5.41) is 12.3. The molecular weight excluding hydrogens is 676 g/mol. The highest BCUT2D eigenvalue weighted by Gasteiger charge is 2.39. The van der Waals surface area contributed by atoms with Gasteiger partial charge in [0.2, 0.25) is 17.7 Å². The summed E-state index contributed by atoms with van der Waals surface area (Å²) >= 11 is 0. The van der Waals surface area contributed by atoms with E-state index >= 15 is 0 Å². The van der Waals surface area contributed by atoms with Crippen molar-refractivity contribution in [2.45, 2.75) is 70.1 Å². The number of nitrogens with zero attached hydrogens (tertiary/aromatic N) is 6. The smallest absolute Gasteiger partial charge is 0.284 e. The van der Waals surface area contributed by atoms with Gasteiger partial charge in [-0.25, -0.2) is 18.7 Å². The van der Waals surface area contributed by atoms with Crippen LogP contribution in [0.3, 0.4) is 0 Å². The number of piperidine rings is 2. The van der Waals surface area contributed by atoms with Gasteiger partial charge in [0, 0.05) is 62.7 Å². The molecule has 1 atom stereocenters. The molecule has 52 heavy (non-hydrogen) atoms. The fourth-order valence-electron chi connectivity index (χ4n) is 7.10. The Hall–Kier alpha value is -5.51. The lowest BCUT2D eigenvalue weighted by atomic mass is 10.0. The number of imide groups is 1. The van der Waals surface area contributed by atoms with Gasteiger partial charge in [-0.05, 0) is 67.3 Å². The molecule has 1 saturated carbocycles. The van der Waals surface area contributed by atoms with Crippen LogP contribution in [0.25, 0.3) is 11.5 Å². The molecule has 14 nitrogen and oxygen atoms in total. The largest absolute Gasteiger partial charge is 0.444 e. The van der Waals surface area contributed by atoms with Crippen molar-refractivity contribution in [2.24, 2.45) is 5.92 Å². The molecule has 2 saturated heterocycles. The van der Waals surface area contributed by atoms with Gasteiger partial charge < -0.3 is 20.0 Å². The highest BCUT2D eigenvalue weighted by atomic mass is 19.3. The van der Waals surface area contributed by atoms with Gasteiger partial charge in [-0.15, -0.1) is 0 Å². The van der Waals surface area contributed by atoms with E-state index in [9.17, 15) is 28.0 Å². The predicted octanol–water partition coefficient (Wildman–Crippen LogP) is 4.54. The number of nitrogens with one attached hydrogen (secondary N) is 3. The summed E-state index contributed by atoms with van der Waals surface area (Å²) in [4.78, 5) is 62.5. The standard InChI is InChI=1S/C36H37F2N9O5/c37-32(38)31-26(41-33(49)27-19-52-35(42-27)22-7-10-39-29(14-22)40-15-20-1-2-20)18-47(44-31)24-8-11-45(12-9-24)16-21-3-4-25-23(13-21)17-46(36(25)51)28-5-6-30(48)43-34(28)50/h3-4,7,10,13-14,18-20,24,28,32H,1-2,5-6,8-9,11-12,15-17H2,(H,39,40)(H,41,49)(H,43,48,50). The van der Waals surface area contributed by atoms with Crippen LogP contribution in [0.15, 0.2) is 53.4 Å². The van der Waals surface area contributed by atoms with Gasteiger partial charge in [-0.2, -0.15) is 5.10 Å². The van der Waals surface area contributed by atoms with Crippen molar-refractivity contribution in [1.82, 2.24) is 34.9 Å². The first-order chi connectivity index (χ1) is 25.2. The molecule has 1 aliphatic carbocycles. The van der Waals surface area contributed by atoms with Crippen LogP contribution in [0.1, 0.15) is 88.7 Å². The Morgan fingerprint density at radius 3 is 2.65 bits per heavy atom. The number of likely N-dealkylation sites (tertiary alicyclic amines) is 1. The van der Waals surface area contributed by atoms with Crippen LogP contribution in [0.2, 0.25) is 0 Å². The molecule has 6 heterocycles. The van der Waals surface area contributed by atoms with E-state index in [1.54, 1.807) is 24.4 Å². The number of anilines is 2. The van der Waals surface area contributed by atoms with Gasteiger partial charge in [0.15, 0.2) is 11.4 Å². The Bertz CT molecular complexity index is 2040. The Balaban J connectivity index is 0.872. The molecule has 0 radical (unpaired) electrons. The molecule has 8 rings (SSSR count). The quantitative estimate of drug-likeness (QED) is 0.188. The van der Waals surface area contributed by atoms with Crippen molar-refractivity contribution in [2.75, 3.05) is 30.3 Å². The summed E-state index contributed by atoms with van der Waals surface area (Å²) in [6.07, 6.45) is 5.59. The van der Waals surface area contributed by atoms with Crippen molar-refractivity contribution >= 4 is 35.1 Å². The van der Waals surface area contributed by atoms with Gasteiger partial charge in [0.1, 0.15) is 18.1 Å². The third kappa shape index (κ3) is 7.02. The summed E-state index contributed by atoms with van der Waals surface area (Å²) < 4.78 is 35.2. The highest BCUT2D eigenvalue weighted by Crippen LogP contribution is 2.33. The zero-order chi connectivity index (χ0) is 35.9. The van der Waals surface area contributed by atoms with Crippen LogP contribution >= 0.6 is 0 Å². The van der Waals surface area contributed by atoms with Crippen LogP contribution in [-0.4, -0.2) is 78.9 Å². The topological polar surface area (TPSA) is 168 Å². The van der Waals surface area contributed by atoms with E-state index in [-0.39, 0.29) is 41.5 Å². The number of carbonyl (C=O) groups excluding carboxylic acids is 4. The molecule has 4 aliphatic rings. The molecule has 4 aromatic rings. The van der Waals surface area contributed by atoms with E-state index < -0.39 is 30.0 Å². The van der Waals surface area contributed by atoms with Crippen molar-refractivity contribution in [1.29, 1.82) is 0 Å². The average molecular weight is 714 g/mol. The number of benzene rings is 1. The van der Waals surface area contributed by atoms with Crippen LogP contribution < -0.4 is 16.0 Å². The monoisotopic (exact) mass is 713 g/mol. The van der Waals surface area contributed by atoms with Crippen molar-refractivity contribution in [3.63, 3.8) is 0 Å². The lowest BCUT2D eigenvalue weighted by Crippen LogP contribution is -2.52. The fourth-order valence-corrected chi connectivity index (χ4v) is 7.10. The fraction of sp³-hybridized carbons (Fsp3) is 0.417. The number of amides is 4. The maximum Gasteiger partial charge on any atom is 0.284 e. The first-order valence-electron chi connectivity index (χ1n) is 17.5. The maximum absolute atomic E-state index is 14.1. The molecule has 16 heteroatoms. The van der Waals surface area contributed by atoms with Crippen LogP contribution in [0.5, 0.6) is 0 Å². The van der Waals surface area contributed by atoms with Gasteiger partial charge in [0.25, 0.3) is 18.2 Å². The summed E-state index contributed by atoms with van der Waals surface area (Å²) in [6, 6.07) is 8.38. The van der Waals surface area contributed by atoms with E-state index in [0.717, 1.165) is 17.7 Å². The number of pyridine rings is 1. The zero-order valence-corrected chi connectivity index (χ0v) is 28.2. The third-order valence-electron chi connectivity index (χ3n) is 10.2. The van der Waals surface area contributed by atoms with E-state index in [1.165, 1.54) is 34.9 Å². The number of hydrogen-bond donors (Lipinski definition) is 3. The van der Waals surface area contributed by atoms with Gasteiger partial charge in [-0.1, -0.05) is 12.1 Å². The molecule has 3 fully saturated rings. The first-order valence-corrected chi connectivity index (χ1v) is 17.5. The molecule has 0 bridgehead atoms. The highest BCUT2D eigenvalue weighted by molar-refractivity contribution is 6.05. The molecule has 1 aromatic carbocycles.